The molecular formula is C14H19N3O2. The second kappa shape index (κ2) is 5.32. The molecule has 0 saturated heterocycles. The fourth-order valence-electron chi connectivity index (χ4n) is 2.07. The summed E-state index contributed by atoms with van der Waals surface area (Å²) in [6, 6.07) is 4.64. The number of nitrogens with one attached hydrogen (secondary N) is 1. The number of phenolic OH excluding ortho intramolecular Hbond substituents is 2. The first kappa shape index (κ1) is 13.4. The highest BCUT2D eigenvalue weighted by Gasteiger charge is 2.09. The quantitative estimate of drug-likeness (QED) is 0.787. The van der Waals surface area contributed by atoms with Crippen molar-refractivity contribution in [1.82, 2.24) is 15.1 Å². The minimum atomic E-state index is 0.0256. The largest absolute Gasteiger partial charge is 0.508 e. The van der Waals surface area contributed by atoms with Crippen LogP contribution in [0.5, 0.6) is 11.5 Å². The molecule has 1 atom stereocenters. The first-order valence-corrected chi connectivity index (χ1v) is 6.21. The Bertz CT molecular complexity index is 558. The molecule has 0 bridgehead atoms. The lowest BCUT2D eigenvalue weighted by Gasteiger charge is -2.14. The zero-order chi connectivity index (χ0) is 14.0. The van der Waals surface area contributed by atoms with E-state index in [0.29, 0.717) is 6.54 Å². The third-order valence-corrected chi connectivity index (χ3v) is 3.14. The molecule has 19 heavy (non-hydrogen) atoms. The smallest absolute Gasteiger partial charge is 0.119 e. The summed E-state index contributed by atoms with van der Waals surface area (Å²) < 4.78 is 1.79. The van der Waals surface area contributed by atoms with Gasteiger partial charge in [-0.15, -0.1) is 0 Å². The molecule has 2 rings (SSSR count). The van der Waals surface area contributed by atoms with E-state index in [-0.39, 0.29) is 17.5 Å². The molecule has 1 heterocycles. The van der Waals surface area contributed by atoms with E-state index < -0.39 is 0 Å². The number of aromatic hydroxyl groups is 2. The van der Waals surface area contributed by atoms with Gasteiger partial charge in [0.25, 0.3) is 0 Å². The van der Waals surface area contributed by atoms with Gasteiger partial charge in [-0.05, 0) is 31.5 Å². The first-order chi connectivity index (χ1) is 8.95. The predicted molar refractivity (Wildman–Crippen MR) is 73.0 cm³/mol. The summed E-state index contributed by atoms with van der Waals surface area (Å²) in [4.78, 5) is 0. The molecule has 3 N–H and O–H groups in total. The fourth-order valence-corrected chi connectivity index (χ4v) is 2.07. The first-order valence-electron chi connectivity index (χ1n) is 6.21. The van der Waals surface area contributed by atoms with Crippen LogP contribution in [0, 0.1) is 6.92 Å². The minimum absolute atomic E-state index is 0.0256. The topological polar surface area (TPSA) is 70.3 Å². The van der Waals surface area contributed by atoms with E-state index in [0.717, 1.165) is 16.8 Å². The van der Waals surface area contributed by atoms with Crippen LogP contribution in [-0.4, -0.2) is 20.0 Å². The van der Waals surface area contributed by atoms with Gasteiger partial charge in [-0.1, -0.05) is 0 Å². The maximum Gasteiger partial charge on any atom is 0.119 e. The van der Waals surface area contributed by atoms with Gasteiger partial charge in [0.1, 0.15) is 11.5 Å². The zero-order valence-corrected chi connectivity index (χ0v) is 11.4. The van der Waals surface area contributed by atoms with E-state index in [2.05, 4.69) is 10.4 Å². The normalized spacial score (nSPS) is 12.6. The number of aromatic nitrogens is 2. The van der Waals surface area contributed by atoms with Gasteiger partial charge in [0.15, 0.2) is 0 Å². The molecule has 1 aromatic carbocycles. The van der Waals surface area contributed by atoms with Crippen molar-refractivity contribution in [3.8, 4) is 11.5 Å². The average Bonchev–Trinajstić information content (AvgIpc) is 2.63. The number of benzene rings is 1. The monoisotopic (exact) mass is 261 g/mol. The molecule has 1 unspecified atom stereocenters. The van der Waals surface area contributed by atoms with E-state index in [9.17, 15) is 10.2 Å². The Kier molecular flexibility index (Phi) is 3.76. The number of phenols is 2. The van der Waals surface area contributed by atoms with E-state index in [1.54, 1.807) is 16.8 Å². The Hall–Kier alpha value is -2.01. The third kappa shape index (κ3) is 3.26. The van der Waals surface area contributed by atoms with E-state index >= 15 is 0 Å². The lowest BCUT2D eigenvalue weighted by molar-refractivity contribution is 0.446. The Morgan fingerprint density at radius 1 is 1.26 bits per heavy atom. The zero-order valence-electron chi connectivity index (χ0n) is 11.4. The van der Waals surface area contributed by atoms with Crippen LogP contribution in [0.15, 0.2) is 24.4 Å². The maximum atomic E-state index is 9.47. The predicted octanol–water partition coefficient (Wildman–Crippen LogP) is 1.99. The number of hydrogen-bond acceptors (Lipinski definition) is 4. The van der Waals surface area contributed by atoms with Crippen molar-refractivity contribution < 1.29 is 10.2 Å². The van der Waals surface area contributed by atoms with Gasteiger partial charge in [-0.3, -0.25) is 4.68 Å². The van der Waals surface area contributed by atoms with E-state index in [1.807, 2.05) is 27.1 Å². The highest BCUT2D eigenvalue weighted by atomic mass is 16.3. The number of hydrogen-bond donors (Lipinski definition) is 3. The van der Waals surface area contributed by atoms with Crippen molar-refractivity contribution in [2.45, 2.75) is 26.4 Å². The molecule has 0 spiro atoms. The third-order valence-electron chi connectivity index (χ3n) is 3.14. The van der Waals surface area contributed by atoms with Gasteiger partial charge >= 0.3 is 0 Å². The van der Waals surface area contributed by atoms with Gasteiger partial charge in [-0.2, -0.15) is 5.10 Å². The minimum Gasteiger partial charge on any atom is -0.508 e. The molecule has 0 saturated carbocycles. The van der Waals surface area contributed by atoms with Crippen LogP contribution in [-0.2, 0) is 13.6 Å². The lowest BCUT2D eigenvalue weighted by Crippen LogP contribution is -2.18. The van der Waals surface area contributed by atoms with Gasteiger partial charge in [0, 0.05) is 37.5 Å². The van der Waals surface area contributed by atoms with Crippen LogP contribution >= 0.6 is 0 Å². The summed E-state index contributed by atoms with van der Waals surface area (Å²) in [5.41, 5.74) is 2.98. The second-order valence-corrected chi connectivity index (χ2v) is 4.80. The van der Waals surface area contributed by atoms with Crippen molar-refractivity contribution in [1.29, 1.82) is 0 Å². The average molecular weight is 261 g/mol. The SMILES string of the molecule is Cc1nn(C)cc1CNC(C)c1cc(O)cc(O)c1. The van der Waals surface area contributed by atoms with E-state index in [4.69, 9.17) is 0 Å². The Morgan fingerprint density at radius 3 is 2.42 bits per heavy atom. The molecule has 0 amide bonds. The fraction of sp³-hybridized carbons (Fsp3) is 0.357. The van der Waals surface area contributed by atoms with Gasteiger partial charge in [-0.25, -0.2) is 0 Å². The highest BCUT2D eigenvalue weighted by molar-refractivity contribution is 5.38. The highest BCUT2D eigenvalue weighted by Crippen LogP contribution is 2.24. The summed E-state index contributed by atoms with van der Waals surface area (Å²) in [5, 5.41) is 26.6. The van der Waals surface area contributed by atoms with Crippen molar-refractivity contribution >= 4 is 0 Å². The summed E-state index contributed by atoms with van der Waals surface area (Å²) in [6.07, 6.45) is 1.98. The molecule has 5 heteroatoms. The van der Waals surface area contributed by atoms with Crippen LogP contribution in [0.4, 0.5) is 0 Å². The van der Waals surface area contributed by atoms with Gasteiger partial charge in [0.2, 0.25) is 0 Å². The van der Waals surface area contributed by atoms with Crippen molar-refractivity contribution in [2.24, 2.45) is 7.05 Å². The summed E-state index contributed by atoms with van der Waals surface area (Å²) in [7, 11) is 1.90. The van der Waals surface area contributed by atoms with Gasteiger partial charge in [0.05, 0.1) is 5.69 Å². The lowest BCUT2D eigenvalue weighted by atomic mass is 10.1. The molecule has 0 aliphatic heterocycles. The summed E-state index contributed by atoms with van der Waals surface area (Å²) >= 11 is 0. The second-order valence-electron chi connectivity index (χ2n) is 4.80. The van der Waals surface area contributed by atoms with Crippen molar-refractivity contribution in [3.05, 3.63) is 41.2 Å². The number of aryl methyl sites for hydroxylation is 2. The molecular weight excluding hydrogens is 242 g/mol. The van der Waals surface area contributed by atoms with Crippen LogP contribution < -0.4 is 5.32 Å². The van der Waals surface area contributed by atoms with Crippen molar-refractivity contribution in [2.75, 3.05) is 0 Å². The van der Waals surface area contributed by atoms with E-state index in [1.165, 1.54) is 6.07 Å². The number of nitrogens with zero attached hydrogens (tertiary/aromatic N) is 2. The summed E-state index contributed by atoms with van der Waals surface area (Å²) in [6.45, 7) is 4.65. The van der Waals surface area contributed by atoms with Crippen LogP contribution in [0.25, 0.3) is 0 Å². The van der Waals surface area contributed by atoms with Crippen LogP contribution in [0.1, 0.15) is 29.8 Å². The molecule has 0 aliphatic rings. The van der Waals surface area contributed by atoms with Crippen molar-refractivity contribution in [3.63, 3.8) is 0 Å². The summed E-state index contributed by atoms with van der Waals surface area (Å²) in [5.74, 6) is 0.141. The molecule has 102 valence electrons. The Morgan fingerprint density at radius 2 is 1.89 bits per heavy atom. The molecule has 1 aromatic heterocycles. The molecule has 5 nitrogen and oxygen atoms in total. The number of rotatable bonds is 4. The molecule has 0 aliphatic carbocycles. The molecule has 0 radical (unpaired) electrons. The maximum absolute atomic E-state index is 9.47. The van der Waals surface area contributed by atoms with Crippen LogP contribution in [0.3, 0.4) is 0 Å². The standard InChI is InChI=1S/C14H19N3O2/c1-9(11-4-13(18)6-14(19)5-11)15-7-12-8-17(3)16-10(12)2/h4-6,8-9,15,18-19H,7H2,1-3H3. The van der Waals surface area contributed by atoms with Crippen LogP contribution in [0.2, 0.25) is 0 Å². The Balaban J connectivity index is 2.05. The Labute approximate surface area is 112 Å². The molecule has 2 aromatic rings. The molecule has 0 fully saturated rings. The van der Waals surface area contributed by atoms with Gasteiger partial charge < -0.3 is 15.5 Å².